The van der Waals surface area contributed by atoms with Crippen LogP contribution >= 0.6 is 0 Å². The van der Waals surface area contributed by atoms with Crippen molar-refractivity contribution in [2.45, 2.75) is 25.3 Å². The van der Waals surface area contributed by atoms with Crippen molar-refractivity contribution in [2.24, 2.45) is 5.73 Å². The number of aromatic nitrogens is 1. The Morgan fingerprint density at radius 3 is 2.43 bits per heavy atom. The molecular weight excluding hydrogens is 286 g/mol. The van der Waals surface area contributed by atoms with Gasteiger partial charge >= 0.3 is 0 Å². The molecule has 0 saturated carbocycles. The van der Waals surface area contributed by atoms with Gasteiger partial charge in [-0.1, -0.05) is 18.2 Å². The second kappa shape index (κ2) is 6.24. The van der Waals surface area contributed by atoms with Crippen LogP contribution in [0.15, 0.2) is 47.5 Å². The third kappa shape index (κ3) is 3.06. The van der Waals surface area contributed by atoms with Crippen LogP contribution in [0.1, 0.15) is 18.2 Å². The molecule has 1 heterocycles. The molecule has 0 aliphatic carbocycles. The Labute approximate surface area is 125 Å². The quantitative estimate of drug-likeness (QED) is 0.917. The van der Waals surface area contributed by atoms with E-state index in [-0.39, 0.29) is 11.4 Å². The van der Waals surface area contributed by atoms with Crippen molar-refractivity contribution in [1.29, 1.82) is 0 Å². The van der Waals surface area contributed by atoms with Crippen LogP contribution in [0, 0.1) is 6.92 Å². The molecule has 0 saturated heterocycles. The van der Waals surface area contributed by atoms with E-state index in [9.17, 15) is 8.42 Å². The Morgan fingerprint density at radius 2 is 1.90 bits per heavy atom. The van der Waals surface area contributed by atoms with Gasteiger partial charge in [-0.3, -0.25) is 9.29 Å². The van der Waals surface area contributed by atoms with Crippen molar-refractivity contribution in [2.75, 3.05) is 10.8 Å². The van der Waals surface area contributed by atoms with Crippen LogP contribution in [0.3, 0.4) is 0 Å². The first-order chi connectivity index (χ1) is 10.0. The second-order valence-electron chi connectivity index (χ2n) is 4.65. The number of hydrogen-bond donors (Lipinski definition) is 1. The maximum Gasteiger partial charge on any atom is 0.265 e. The first-order valence-electron chi connectivity index (χ1n) is 6.74. The van der Waals surface area contributed by atoms with E-state index in [1.54, 1.807) is 18.2 Å². The van der Waals surface area contributed by atoms with Crippen LogP contribution < -0.4 is 10.0 Å². The molecule has 0 amide bonds. The number of nitrogens with zero attached hydrogens (tertiary/aromatic N) is 2. The number of rotatable bonds is 5. The highest BCUT2D eigenvalue weighted by atomic mass is 32.2. The summed E-state index contributed by atoms with van der Waals surface area (Å²) >= 11 is 0. The van der Waals surface area contributed by atoms with Crippen LogP contribution in [-0.2, 0) is 16.6 Å². The summed E-state index contributed by atoms with van der Waals surface area (Å²) in [4.78, 5) is 4.24. The monoisotopic (exact) mass is 305 g/mol. The summed E-state index contributed by atoms with van der Waals surface area (Å²) in [7, 11) is -3.62. The van der Waals surface area contributed by atoms with Crippen molar-refractivity contribution >= 4 is 15.7 Å². The lowest BCUT2D eigenvalue weighted by molar-refractivity contribution is 0.591. The normalized spacial score (nSPS) is 11.4. The van der Waals surface area contributed by atoms with Gasteiger partial charge in [0, 0.05) is 19.3 Å². The number of hydrogen-bond acceptors (Lipinski definition) is 4. The molecule has 0 atom stereocenters. The molecule has 0 fully saturated rings. The van der Waals surface area contributed by atoms with E-state index >= 15 is 0 Å². The molecule has 2 rings (SSSR count). The molecule has 2 aromatic rings. The molecule has 6 heteroatoms. The number of benzene rings is 1. The summed E-state index contributed by atoms with van der Waals surface area (Å²) in [6, 6.07) is 10.6. The molecule has 2 N–H and O–H groups in total. The first kappa shape index (κ1) is 15.5. The largest absolute Gasteiger partial charge is 0.325 e. The van der Waals surface area contributed by atoms with Crippen LogP contribution in [0.4, 0.5) is 5.69 Å². The minimum absolute atomic E-state index is 0.171. The third-order valence-electron chi connectivity index (χ3n) is 3.27. The van der Waals surface area contributed by atoms with Gasteiger partial charge < -0.3 is 5.73 Å². The zero-order chi connectivity index (χ0) is 15.5. The van der Waals surface area contributed by atoms with Gasteiger partial charge in [0.05, 0.1) is 11.4 Å². The van der Waals surface area contributed by atoms with Crippen molar-refractivity contribution in [1.82, 2.24) is 4.98 Å². The highest BCUT2D eigenvalue weighted by Crippen LogP contribution is 2.26. The Hall–Kier alpha value is -1.92. The van der Waals surface area contributed by atoms with Crippen LogP contribution in [0.5, 0.6) is 0 Å². The van der Waals surface area contributed by atoms with E-state index in [4.69, 9.17) is 5.73 Å². The van der Waals surface area contributed by atoms with Crippen LogP contribution in [-0.4, -0.2) is 19.9 Å². The van der Waals surface area contributed by atoms with E-state index in [0.717, 1.165) is 5.56 Å². The number of aryl methyl sites for hydroxylation is 1. The Morgan fingerprint density at radius 1 is 1.19 bits per heavy atom. The molecule has 0 aliphatic heterocycles. The van der Waals surface area contributed by atoms with Crippen molar-refractivity contribution < 1.29 is 8.42 Å². The maximum atomic E-state index is 12.8. The minimum atomic E-state index is -3.62. The molecular formula is C15H19N3O2S. The molecule has 21 heavy (non-hydrogen) atoms. The minimum Gasteiger partial charge on any atom is -0.325 e. The van der Waals surface area contributed by atoms with E-state index in [0.29, 0.717) is 17.9 Å². The van der Waals surface area contributed by atoms with Gasteiger partial charge in [0.15, 0.2) is 0 Å². The number of sulfonamides is 1. The fourth-order valence-corrected chi connectivity index (χ4v) is 3.61. The zero-order valence-corrected chi connectivity index (χ0v) is 13.0. The Balaban J connectivity index is 2.47. The lowest BCUT2D eigenvalue weighted by Gasteiger charge is -2.24. The standard InChI is InChI=1S/C15H19N3O2S/c1-3-18(15-7-5-4-6-12(15)2)21(19,20)14-9-8-13(10-16)17-11-14/h4-9,11H,3,10,16H2,1-2H3. The van der Waals surface area contributed by atoms with Gasteiger partial charge in [-0.15, -0.1) is 0 Å². The zero-order valence-electron chi connectivity index (χ0n) is 12.2. The van der Waals surface area contributed by atoms with E-state index in [1.807, 2.05) is 32.0 Å². The molecule has 0 spiro atoms. The average molecular weight is 305 g/mol. The highest BCUT2D eigenvalue weighted by Gasteiger charge is 2.24. The predicted octanol–water partition coefficient (Wildman–Crippen LogP) is 2.06. The topological polar surface area (TPSA) is 76.3 Å². The number of anilines is 1. The molecule has 1 aromatic heterocycles. The lowest BCUT2D eigenvalue weighted by atomic mass is 10.2. The van der Waals surface area contributed by atoms with Gasteiger partial charge in [0.25, 0.3) is 10.0 Å². The average Bonchev–Trinajstić information content (AvgIpc) is 2.50. The van der Waals surface area contributed by atoms with Gasteiger partial charge in [0.2, 0.25) is 0 Å². The van der Waals surface area contributed by atoms with Crippen LogP contribution in [0.2, 0.25) is 0 Å². The maximum absolute atomic E-state index is 12.8. The van der Waals surface area contributed by atoms with E-state index in [2.05, 4.69) is 4.98 Å². The lowest BCUT2D eigenvalue weighted by Crippen LogP contribution is -2.31. The molecule has 0 aliphatic rings. The number of pyridine rings is 1. The van der Waals surface area contributed by atoms with Gasteiger partial charge in [-0.25, -0.2) is 8.42 Å². The van der Waals surface area contributed by atoms with Gasteiger partial charge in [0.1, 0.15) is 4.90 Å². The summed E-state index contributed by atoms with van der Waals surface area (Å²) in [5.41, 5.74) is 7.74. The summed E-state index contributed by atoms with van der Waals surface area (Å²) in [5.74, 6) is 0. The van der Waals surface area contributed by atoms with E-state index < -0.39 is 10.0 Å². The first-order valence-corrected chi connectivity index (χ1v) is 8.18. The van der Waals surface area contributed by atoms with E-state index in [1.165, 1.54) is 10.5 Å². The summed E-state index contributed by atoms with van der Waals surface area (Å²) < 4.78 is 26.9. The SMILES string of the molecule is CCN(c1ccccc1C)S(=O)(=O)c1ccc(CN)nc1. The molecule has 112 valence electrons. The Kier molecular flexibility index (Phi) is 4.59. The fraction of sp³-hybridized carbons (Fsp3) is 0.267. The fourth-order valence-electron chi connectivity index (χ4n) is 2.12. The molecule has 0 radical (unpaired) electrons. The second-order valence-corrected chi connectivity index (χ2v) is 6.51. The van der Waals surface area contributed by atoms with Crippen LogP contribution in [0.25, 0.3) is 0 Å². The summed E-state index contributed by atoms with van der Waals surface area (Å²) in [6.07, 6.45) is 1.36. The molecule has 0 bridgehead atoms. The van der Waals surface area contributed by atoms with Crippen molar-refractivity contribution in [3.8, 4) is 0 Å². The number of nitrogens with two attached hydrogens (primary N) is 1. The summed E-state index contributed by atoms with van der Waals surface area (Å²) in [5, 5.41) is 0. The predicted molar refractivity (Wildman–Crippen MR) is 83.5 cm³/mol. The van der Waals surface area contributed by atoms with Gasteiger partial charge in [-0.2, -0.15) is 0 Å². The molecule has 1 aromatic carbocycles. The smallest absolute Gasteiger partial charge is 0.265 e. The van der Waals surface area contributed by atoms with Crippen molar-refractivity contribution in [3.63, 3.8) is 0 Å². The highest BCUT2D eigenvalue weighted by molar-refractivity contribution is 7.92. The van der Waals surface area contributed by atoms with Gasteiger partial charge in [-0.05, 0) is 37.6 Å². The third-order valence-corrected chi connectivity index (χ3v) is 5.14. The summed E-state index contributed by atoms with van der Waals surface area (Å²) in [6.45, 7) is 4.34. The molecule has 5 nitrogen and oxygen atoms in total. The van der Waals surface area contributed by atoms with Crippen molar-refractivity contribution in [3.05, 3.63) is 53.9 Å². The number of para-hydroxylation sites is 1. The Bertz CT molecular complexity index is 712. The molecule has 0 unspecified atom stereocenters.